The van der Waals surface area contributed by atoms with E-state index >= 15 is 0 Å². The lowest BCUT2D eigenvalue weighted by Crippen LogP contribution is -2.63. The van der Waals surface area contributed by atoms with Gasteiger partial charge in [0.05, 0.1) is 18.8 Å². The summed E-state index contributed by atoms with van der Waals surface area (Å²) in [6, 6.07) is -0.846. The molecule has 0 aliphatic carbocycles. The average Bonchev–Trinajstić information content (AvgIpc) is 2.76. The van der Waals surface area contributed by atoms with E-state index in [1.54, 1.807) is 0 Å². The Morgan fingerprint density at radius 3 is 1.77 bits per heavy atom. The molecule has 0 aromatic carbocycles. The number of unbranched alkanes of at least 4 members (excludes halogenated alkanes) is 12. The van der Waals surface area contributed by atoms with Gasteiger partial charge in [0.2, 0.25) is 0 Å². The fourth-order valence-corrected chi connectivity index (χ4v) is 4.28. The predicted molar refractivity (Wildman–Crippen MR) is 123 cm³/mol. The number of rotatable bonds is 19. The maximum absolute atomic E-state index is 10.1. The second-order valence-electron chi connectivity index (χ2n) is 9.18. The smallest absolute Gasteiger partial charge is 0.173 e. The standard InChI is InChI=1S/C24H49NO6/c1-2-3-4-5-6-7-8-9-10-11-12-13-14-15-19(27)16-17-25-21-23(29)22(28)20(18-26)31-24(21)30/h19-30H,2-18H2,1H3/t19?,20-,21-,22-,23-,24?/m1/s1. The first-order valence-corrected chi connectivity index (χ1v) is 12.7. The fourth-order valence-electron chi connectivity index (χ4n) is 4.28. The average molecular weight is 448 g/mol. The van der Waals surface area contributed by atoms with E-state index < -0.39 is 43.4 Å². The summed E-state index contributed by atoms with van der Waals surface area (Å²) < 4.78 is 5.11. The van der Waals surface area contributed by atoms with Crippen LogP contribution in [0.4, 0.5) is 0 Å². The molecule has 0 aromatic rings. The van der Waals surface area contributed by atoms with Gasteiger partial charge in [-0.3, -0.25) is 0 Å². The second kappa shape index (κ2) is 18.2. The molecule has 7 heteroatoms. The predicted octanol–water partition coefficient (Wildman–Crippen LogP) is 2.61. The highest BCUT2D eigenvalue weighted by molar-refractivity contribution is 4.92. The Hall–Kier alpha value is -0.280. The van der Waals surface area contributed by atoms with Crippen molar-refractivity contribution in [2.24, 2.45) is 0 Å². The van der Waals surface area contributed by atoms with Crippen LogP contribution in [0.5, 0.6) is 0 Å². The molecule has 0 bridgehead atoms. The molecule has 0 amide bonds. The topological polar surface area (TPSA) is 122 Å². The van der Waals surface area contributed by atoms with Crippen LogP contribution >= 0.6 is 0 Å². The highest BCUT2D eigenvalue weighted by Gasteiger charge is 2.43. The molecule has 0 radical (unpaired) electrons. The summed E-state index contributed by atoms with van der Waals surface area (Å²) in [7, 11) is 0. The number of hydrogen-bond donors (Lipinski definition) is 6. The number of aliphatic hydroxyl groups is 5. The van der Waals surface area contributed by atoms with E-state index in [0.29, 0.717) is 13.0 Å². The minimum atomic E-state index is -1.31. The molecule has 1 saturated heterocycles. The lowest BCUT2D eigenvalue weighted by atomic mass is 9.97. The zero-order valence-electron chi connectivity index (χ0n) is 19.6. The number of hydrogen-bond acceptors (Lipinski definition) is 7. The first-order chi connectivity index (χ1) is 15.0. The van der Waals surface area contributed by atoms with Gasteiger partial charge in [0.25, 0.3) is 0 Å². The van der Waals surface area contributed by atoms with Crippen LogP contribution < -0.4 is 5.32 Å². The van der Waals surface area contributed by atoms with Crippen LogP contribution in [-0.4, -0.2) is 75.4 Å². The molecule has 1 aliphatic heterocycles. The van der Waals surface area contributed by atoms with Gasteiger partial charge in [0.15, 0.2) is 6.29 Å². The summed E-state index contributed by atoms with van der Waals surface area (Å²) >= 11 is 0. The molecule has 0 saturated carbocycles. The molecule has 0 aromatic heterocycles. The third-order valence-electron chi connectivity index (χ3n) is 6.40. The van der Waals surface area contributed by atoms with Gasteiger partial charge in [-0.25, -0.2) is 0 Å². The van der Waals surface area contributed by atoms with E-state index in [2.05, 4.69) is 12.2 Å². The van der Waals surface area contributed by atoms with Crippen LogP contribution in [0.25, 0.3) is 0 Å². The maximum atomic E-state index is 10.1. The lowest BCUT2D eigenvalue weighted by Gasteiger charge is -2.40. The summed E-state index contributed by atoms with van der Waals surface area (Å²) in [5.74, 6) is 0. The zero-order chi connectivity index (χ0) is 22.9. The Labute approximate surface area is 189 Å². The van der Waals surface area contributed by atoms with Crippen molar-refractivity contribution in [1.82, 2.24) is 5.32 Å². The molecular formula is C24H49NO6. The quantitative estimate of drug-likeness (QED) is 0.168. The van der Waals surface area contributed by atoms with Crippen molar-refractivity contribution in [3.8, 4) is 0 Å². The van der Waals surface area contributed by atoms with Crippen molar-refractivity contribution in [3.05, 3.63) is 0 Å². The van der Waals surface area contributed by atoms with Gasteiger partial charge in [0, 0.05) is 0 Å². The van der Waals surface area contributed by atoms with Gasteiger partial charge in [-0.15, -0.1) is 0 Å². The van der Waals surface area contributed by atoms with Crippen molar-refractivity contribution < 1.29 is 30.3 Å². The van der Waals surface area contributed by atoms with Crippen molar-refractivity contribution in [2.45, 2.75) is 140 Å². The lowest BCUT2D eigenvalue weighted by molar-refractivity contribution is -0.254. The minimum Gasteiger partial charge on any atom is -0.394 e. The summed E-state index contributed by atoms with van der Waals surface area (Å²) in [6.07, 6.45) is 13.0. The van der Waals surface area contributed by atoms with Gasteiger partial charge in [0.1, 0.15) is 18.3 Å². The molecule has 0 spiro atoms. The van der Waals surface area contributed by atoms with E-state index in [0.717, 1.165) is 19.3 Å². The van der Waals surface area contributed by atoms with Crippen LogP contribution in [-0.2, 0) is 4.74 Å². The number of aliphatic hydroxyl groups excluding tert-OH is 5. The zero-order valence-corrected chi connectivity index (χ0v) is 19.6. The molecule has 186 valence electrons. The fraction of sp³-hybridized carbons (Fsp3) is 1.00. The van der Waals surface area contributed by atoms with E-state index in [9.17, 15) is 20.4 Å². The molecule has 1 fully saturated rings. The van der Waals surface area contributed by atoms with Gasteiger partial charge in [-0.1, -0.05) is 90.4 Å². The molecule has 2 unspecified atom stereocenters. The van der Waals surface area contributed by atoms with Crippen LogP contribution in [0.3, 0.4) is 0 Å². The third-order valence-corrected chi connectivity index (χ3v) is 6.40. The molecule has 31 heavy (non-hydrogen) atoms. The summed E-state index contributed by atoms with van der Waals surface area (Å²) in [6.45, 7) is 2.18. The van der Waals surface area contributed by atoms with E-state index in [-0.39, 0.29) is 0 Å². The van der Waals surface area contributed by atoms with E-state index in [1.807, 2.05) is 0 Å². The van der Waals surface area contributed by atoms with Crippen LogP contribution in [0.1, 0.15) is 103 Å². The van der Waals surface area contributed by atoms with Gasteiger partial charge in [-0.2, -0.15) is 0 Å². The van der Waals surface area contributed by atoms with Crippen LogP contribution in [0, 0.1) is 0 Å². The first-order valence-electron chi connectivity index (χ1n) is 12.7. The van der Waals surface area contributed by atoms with Crippen LogP contribution in [0.2, 0.25) is 0 Å². The molecule has 6 N–H and O–H groups in total. The Bertz CT molecular complexity index is 414. The molecule has 7 nitrogen and oxygen atoms in total. The highest BCUT2D eigenvalue weighted by atomic mass is 16.6. The van der Waals surface area contributed by atoms with E-state index in [4.69, 9.17) is 9.84 Å². The molecular weight excluding hydrogens is 398 g/mol. The molecule has 1 rings (SSSR count). The van der Waals surface area contributed by atoms with Gasteiger partial charge >= 0.3 is 0 Å². The Balaban J connectivity index is 1.94. The second-order valence-corrected chi connectivity index (χ2v) is 9.18. The normalized spacial score (nSPS) is 27.5. The van der Waals surface area contributed by atoms with Crippen molar-refractivity contribution in [2.75, 3.05) is 13.2 Å². The Morgan fingerprint density at radius 2 is 1.26 bits per heavy atom. The Kier molecular flexibility index (Phi) is 16.9. The molecule has 1 aliphatic rings. The van der Waals surface area contributed by atoms with Gasteiger partial charge in [-0.05, 0) is 19.4 Å². The Morgan fingerprint density at radius 1 is 0.742 bits per heavy atom. The number of nitrogens with one attached hydrogen (secondary N) is 1. The summed E-state index contributed by atoms with van der Waals surface area (Å²) in [4.78, 5) is 0. The monoisotopic (exact) mass is 447 g/mol. The van der Waals surface area contributed by atoms with Gasteiger partial charge < -0.3 is 35.6 Å². The van der Waals surface area contributed by atoms with E-state index in [1.165, 1.54) is 70.6 Å². The SMILES string of the molecule is CCCCCCCCCCCCCCCC(O)CCN[C@H]1C(O)O[C@H](CO)[C@@H](O)[C@@H]1O. The minimum absolute atomic E-state index is 0.401. The largest absolute Gasteiger partial charge is 0.394 e. The third kappa shape index (κ3) is 12.5. The van der Waals surface area contributed by atoms with Crippen molar-refractivity contribution in [3.63, 3.8) is 0 Å². The first kappa shape index (κ1) is 28.8. The number of ether oxygens (including phenoxy) is 1. The van der Waals surface area contributed by atoms with Crippen LogP contribution in [0.15, 0.2) is 0 Å². The maximum Gasteiger partial charge on any atom is 0.173 e. The summed E-state index contributed by atoms with van der Waals surface area (Å²) in [5.41, 5.74) is 0. The van der Waals surface area contributed by atoms with Crippen molar-refractivity contribution >= 4 is 0 Å². The molecule has 1 heterocycles. The van der Waals surface area contributed by atoms with Crippen molar-refractivity contribution in [1.29, 1.82) is 0 Å². The molecule has 6 atom stereocenters. The highest BCUT2D eigenvalue weighted by Crippen LogP contribution is 2.20. The summed E-state index contributed by atoms with van der Waals surface area (Å²) in [5, 5.41) is 52.1.